The van der Waals surface area contributed by atoms with Crippen LogP contribution in [0.25, 0.3) is 0 Å². The molecule has 1 fully saturated rings. The maximum Gasteiger partial charge on any atom is 0.247 e. The summed E-state index contributed by atoms with van der Waals surface area (Å²) in [6, 6.07) is 0. The lowest BCUT2D eigenvalue weighted by Gasteiger charge is -2.30. The van der Waals surface area contributed by atoms with Crippen LogP contribution in [0.5, 0.6) is 0 Å². The lowest BCUT2D eigenvalue weighted by atomic mass is 9.97. The van der Waals surface area contributed by atoms with Gasteiger partial charge in [-0.25, -0.2) is 5.48 Å². The fourth-order valence-electron chi connectivity index (χ4n) is 1.65. The highest BCUT2D eigenvalue weighted by molar-refractivity contribution is 5.77. The van der Waals surface area contributed by atoms with Crippen molar-refractivity contribution in [1.29, 1.82) is 0 Å². The summed E-state index contributed by atoms with van der Waals surface area (Å²) in [6.45, 7) is 4.92. The van der Waals surface area contributed by atoms with E-state index in [-0.39, 0.29) is 11.8 Å². The lowest BCUT2D eigenvalue weighted by molar-refractivity contribution is -0.135. The van der Waals surface area contributed by atoms with Crippen LogP contribution in [0, 0.1) is 5.92 Å². The molecule has 12 heavy (non-hydrogen) atoms. The molecule has 4 nitrogen and oxygen atoms in total. The number of piperidine rings is 1. The Hall–Kier alpha value is -0.610. The van der Waals surface area contributed by atoms with Crippen molar-refractivity contribution < 1.29 is 10.0 Å². The number of carbonyl (C=O) groups excluding carboxylic acids is 1. The van der Waals surface area contributed by atoms with Crippen molar-refractivity contribution in [3.8, 4) is 0 Å². The fourth-order valence-corrected chi connectivity index (χ4v) is 1.65. The second kappa shape index (κ2) is 4.42. The van der Waals surface area contributed by atoms with Crippen LogP contribution in [0.4, 0.5) is 0 Å². The van der Waals surface area contributed by atoms with Crippen molar-refractivity contribution in [2.75, 3.05) is 19.6 Å². The summed E-state index contributed by atoms with van der Waals surface area (Å²) in [5.74, 6) is -0.267. The van der Waals surface area contributed by atoms with Gasteiger partial charge in [-0.3, -0.25) is 10.0 Å². The first-order chi connectivity index (χ1) is 5.77. The quantitative estimate of drug-likeness (QED) is 0.463. The summed E-state index contributed by atoms with van der Waals surface area (Å²) < 4.78 is 0. The zero-order valence-corrected chi connectivity index (χ0v) is 7.42. The van der Waals surface area contributed by atoms with Crippen LogP contribution in [-0.4, -0.2) is 35.6 Å². The van der Waals surface area contributed by atoms with Gasteiger partial charge in [-0.05, 0) is 25.9 Å². The highest BCUT2D eigenvalue weighted by Gasteiger charge is 2.24. The molecule has 1 amide bonds. The first kappa shape index (κ1) is 9.48. The van der Waals surface area contributed by atoms with E-state index in [1.165, 1.54) is 0 Å². The average Bonchev–Trinajstić information content (AvgIpc) is 2.17. The van der Waals surface area contributed by atoms with Crippen LogP contribution in [0.2, 0.25) is 0 Å². The van der Waals surface area contributed by atoms with E-state index in [1.807, 2.05) is 0 Å². The largest absolute Gasteiger partial charge is 0.303 e. The van der Waals surface area contributed by atoms with Crippen molar-refractivity contribution >= 4 is 5.91 Å². The van der Waals surface area contributed by atoms with Gasteiger partial charge < -0.3 is 4.90 Å². The summed E-state index contributed by atoms with van der Waals surface area (Å²) in [5.41, 5.74) is 1.71. The van der Waals surface area contributed by atoms with E-state index in [2.05, 4.69) is 11.8 Å². The number of carbonyl (C=O) groups is 1. The Morgan fingerprint density at radius 1 is 1.75 bits per heavy atom. The smallest absolute Gasteiger partial charge is 0.247 e. The Bertz CT molecular complexity index is 161. The number of amides is 1. The third-order valence-corrected chi connectivity index (χ3v) is 2.43. The number of hydrogen-bond donors (Lipinski definition) is 2. The Balaban J connectivity index is 2.40. The molecule has 1 saturated heterocycles. The molecule has 2 N–H and O–H groups in total. The third-order valence-electron chi connectivity index (χ3n) is 2.43. The molecule has 70 valence electrons. The van der Waals surface area contributed by atoms with Gasteiger partial charge in [0.1, 0.15) is 0 Å². The number of rotatable bonds is 2. The second-order valence-corrected chi connectivity index (χ2v) is 3.21. The Labute approximate surface area is 72.5 Å². The summed E-state index contributed by atoms with van der Waals surface area (Å²) in [5, 5.41) is 8.43. The standard InChI is InChI=1S/C8H16N2O2/c1-2-10-5-3-4-7(6-10)8(11)9-12/h7,12H,2-6H2,1H3,(H,9,11). The molecule has 0 aromatic carbocycles. The van der Waals surface area contributed by atoms with Gasteiger partial charge in [0.05, 0.1) is 5.92 Å². The summed E-state index contributed by atoms with van der Waals surface area (Å²) >= 11 is 0. The predicted octanol–water partition coefficient (Wildman–Crippen LogP) is 0.224. The molecule has 0 bridgehead atoms. The molecule has 4 heteroatoms. The molecule has 1 rings (SSSR count). The Morgan fingerprint density at radius 2 is 2.50 bits per heavy atom. The topological polar surface area (TPSA) is 52.6 Å². The number of likely N-dealkylation sites (tertiary alicyclic amines) is 1. The van der Waals surface area contributed by atoms with Gasteiger partial charge in [0.25, 0.3) is 0 Å². The minimum Gasteiger partial charge on any atom is -0.303 e. The minimum absolute atomic E-state index is 0.0244. The number of nitrogens with one attached hydrogen (secondary N) is 1. The van der Waals surface area contributed by atoms with Gasteiger partial charge in [-0.15, -0.1) is 0 Å². The Kier molecular flexibility index (Phi) is 3.49. The van der Waals surface area contributed by atoms with Crippen molar-refractivity contribution in [3.05, 3.63) is 0 Å². The van der Waals surface area contributed by atoms with E-state index in [0.717, 1.165) is 32.5 Å². The van der Waals surface area contributed by atoms with Gasteiger partial charge >= 0.3 is 0 Å². The summed E-state index contributed by atoms with van der Waals surface area (Å²) in [6.07, 6.45) is 1.94. The van der Waals surface area contributed by atoms with Crippen molar-refractivity contribution in [2.45, 2.75) is 19.8 Å². The van der Waals surface area contributed by atoms with E-state index in [9.17, 15) is 4.79 Å². The second-order valence-electron chi connectivity index (χ2n) is 3.21. The van der Waals surface area contributed by atoms with Crippen molar-refractivity contribution in [1.82, 2.24) is 10.4 Å². The normalized spacial score (nSPS) is 25.3. The van der Waals surface area contributed by atoms with E-state index in [0.29, 0.717) is 0 Å². The molecule has 0 aliphatic carbocycles. The molecule has 0 radical (unpaired) electrons. The van der Waals surface area contributed by atoms with E-state index >= 15 is 0 Å². The van der Waals surface area contributed by atoms with Crippen LogP contribution in [0.15, 0.2) is 0 Å². The molecule has 0 aromatic heterocycles. The SMILES string of the molecule is CCN1CCCC(C(=O)NO)C1. The highest BCUT2D eigenvalue weighted by Crippen LogP contribution is 2.15. The number of nitrogens with zero attached hydrogens (tertiary/aromatic N) is 1. The predicted molar refractivity (Wildman–Crippen MR) is 44.8 cm³/mol. The summed E-state index contributed by atoms with van der Waals surface area (Å²) in [4.78, 5) is 13.3. The van der Waals surface area contributed by atoms with E-state index in [1.54, 1.807) is 5.48 Å². The molecule has 1 heterocycles. The number of hydrogen-bond acceptors (Lipinski definition) is 3. The van der Waals surface area contributed by atoms with Gasteiger partial charge in [0.15, 0.2) is 0 Å². The molecule has 0 saturated carbocycles. The van der Waals surface area contributed by atoms with Crippen molar-refractivity contribution in [2.24, 2.45) is 5.92 Å². The third kappa shape index (κ3) is 2.19. The molecule has 1 aliphatic rings. The van der Waals surface area contributed by atoms with Crippen LogP contribution in [-0.2, 0) is 4.79 Å². The van der Waals surface area contributed by atoms with Gasteiger partial charge in [-0.2, -0.15) is 0 Å². The Morgan fingerprint density at radius 3 is 3.08 bits per heavy atom. The molecular weight excluding hydrogens is 156 g/mol. The first-order valence-electron chi connectivity index (χ1n) is 4.44. The van der Waals surface area contributed by atoms with Gasteiger partial charge in [-0.1, -0.05) is 6.92 Å². The van der Waals surface area contributed by atoms with Gasteiger partial charge in [0, 0.05) is 6.54 Å². The maximum absolute atomic E-state index is 11.0. The molecule has 1 unspecified atom stereocenters. The monoisotopic (exact) mass is 172 g/mol. The molecular formula is C8H16N2O2. The molecule has 0 spiro atoms. The molecule has 0 aromatic rings. The first-order valence-corrected chi connectivity index (χ1v) is 4.44. The van der Waals surface area contributed by atoms with Crippen LogP contribution >= 0.6 is 0 Å². The minimum atomic E-state index is -0.242. The van der Waals surface area contributed by atoms with E-state index in [4.69, 9.17) is 5.21 Å². The zero-order valence-electron chi connectivity index (χ0n) is 7.42. The fraction of sp³-hybridized carbons (Fsp3) is 0.875. The maximum atomic E-state index is 11.0. The average molecular weight is 172 g/mol. The van der Waals surface area contributed by atoms with Gasteiger partial charge in [0.2, 0.25) is 5.91 Å². The molecule has 1 aliphatic heterocycles. The van der Waals surface area contributed by atoms with Crippen LogP contribution in [0.3, 0.4) is 0 Å². The van der Waals surface area contributed by atoms with E-state index < -0.39 is 0 Å². The van der Waals surface area contributed by atoms with Crippen LogP contribution in [0.1, 0.15) is 19.8 Å². The summed E-state index contributed by atoms with van der Waals surface area (Å²) in [7, 11) is 0. The lowest BCUT2D eigenvalue weighted by Crippen LogP contribution is -2.42. The van der Waals surface area contributed by atoms with Crippen LogP contribution < -0.4 is 5.48 Å². The molecule has 1 atom stereocenters. The highest BCUT2D eigenvalue weighted by atomic mass is 16.5. The van der Waals surface area contributed by atoms with Crippen molar-refractivity contribution in [3.63, 3.8) is 0 Å². The zero-order chi connectivity index (χ0) is 8.97. The number of hydroxylamine groups is 1.